The second-order valence-corrected chi connectivity index (χ2v) is 11.7. The number of alkyl halides is 5. The minimum Gasteiger partial charge on any atom is -0.491 e. The van der Waals surface area contributed by atoms with Gasteiger partial charge in [-0.1, -0.05) is 25.1 Å². The van der Waals surface area contributed by atoms with Gasteiger partial charge >= 0.3 is 6.18 Å². The van der Waals surface area contributed by atoms with Crippen molar-refractivity contribution in [2.24, 2.45) is 11.3 Å². The maximum absolute atomic E-state index is 14.2. The van der Waals surface area contributed by atoms with E-state index < -0.39 is 53.1 Å². The highest BCUT2D eigenvalue weighted by molar-refractivity contribution is 6.13. The topological polar surface area (TPSA) is 61.9 Å². The summed E-state index contributed by atoms with van der Waals surface area (Å²) in [6.45, 7) is 8.79. The monoisotopic (exact) mass is 579 g/mol. The molecular weight excluding hydrogens is 545 g/mol. The van der Waals surface area contributed by atoms with Crippen LogP contribution in [0.5, 0.6) is 5.75 Å². The van der Waals surface area contributed by atoms with Crippen LogP contribution in [0.3, 0.4) is 0 Å². The van der Waals surface area contributed by atoms with Crippen molar-refractivity contribution in [3.8, 4) is 5.75 Å². The molecule has 2 aliphatic heterocycles. The van der Waals surface area contributed by atoms with Crippen molar-refractivity contribution < 1.29 is 36.3 Å². The summed E-state index contributed by atoms with van der Waals surface area (Å²) >= 11 is 0. The van der Waals surface area contributed by atoms with Crippen molar-refractivity contribution in [1.29, 1.82) is 0 Å². The zero-order valence-corrected chi connectivity index (χ0v) is 23.6. The number of aryl methyl sites for hydroxylation is 2. The Morgan fingerprint density at radius 3 is 2.22 bits per heavy atom. The first-order chi connectivity index (χ1) is 19.1. The number of anilines is 2. The number of hydrogen-bond donors (Lipinski definition) is 1. The molecule has 1 saturated carbocycles. The number of benzene rings is 2. The summed E-state index contributed by atoms with van der Waals surface area (Å²) in [5.41, 5.74) is -0.128. The standard InChI is InChI=1S/C30H34F5N3O3/c1-16(2)41-22-14-20(30(33,34)35)13-21(15-22)36-27(40)29-19(5)26(39)38(23-17(3)7-6-8-18(23)4)25(29)24(29)37-11-9-28(31,32)10-12-37/h6-8,13-16,19,24-25H,9-12H2,1-5H3,(H,36,40)/t19-,24?,25?,29-/m1/s1. The fourth-order valence-corrected chi connectivity index (χ4v) is 6.73. The first-order valence-corrected chi connectivity index (χ1v) is 13.8. The Labute approximate surface area is 235 Å². The molecule has 4 atom stereocenters. The number of piperidine rings is 2. The lowest BCUT2D eigenvalue weighted by molar-refractivity contribution is -0.137. The van der Waals surface area contributed by atoms with Gasteiger partial charge in [0.25, 0.3) is 5.92 Å². The van der Waals surface area contributed by atoms with Crippen molar-refractivity contribution in [2.75, 3.05) is 23.3 Å². The lowest BCUT2D eigenvalue weighted by Crippen LogP contribution is -2.48. The van der Waals surface area contributed by atoms with Crippen LogP contribution in [0.15, 0.2) is 36.4 Å². The third-order valence-electron chi connectivity index (χ3n) is 8.63. The number of para-hydroxylation sites is 1. The molecule has 2 saturated heterocycles. The molecule has 0 spiro atoms. The number of fused-ring (bicyclic) bond motifs is 1. The number of hydrogen-bond acceptors (Lipinski definition) is 4. The summed E-state index contributed by atoms with van der Waals surface area (Å²) in [6.07, 6.45) is -5.84. The molecule has 222 valence electrons. The Hall–Kier alpha value is -3.21. The molecule has 2 heterocycles. The van der Waals surface area contributed by atoms with Crippen LogP contribution in [0.25, 0.3) is 0 Å². The normalized spacial score (nSPS) is 27.6. The fourth-order valence-electron chi connectivity index (χ4n) is 6.73. The summed E-state index contributed by atoms with van der Waals surface area (Å²) in [7, 11) is 0. The molecule has 0 aromatic heterocycles. The number of nitrogens with one attached hydrogen (secondary N) is 1. The van der Waals surface area contributed by atoms with E-state index in [1.165, 1.54) is 6.07 Å². The zero-order chi connectivity index (χ0) is 30.1. The summed E-state index contributed by atoms with van der Waals surface area (Å²) in [5, 5.41) is 2.66. The molecule has 3 fully saturated rings. The van der Waals surface area contributed by atoms with Crippen LogP contribution in [0.2, 0.25) is 0 Å². The Bertz CT molecular complexity index is 1350. The van der Waals surface area contributed by atoms with Gasteiger partial charge in [0.2, 0.25) is 11.8 Å². The van der Waals surface area contributed by atoms with E-state index in [4.69, 9.17) is 4.74 Å². The van der Waals surface area contributed by atoms with Gasteiger partial charge in [-0.2, -0.15) is 13.2 Å². The van der Waals surface area contributed by atoms with E-state index in [2.05, 4.69) is 5.32 Å². The smallest absolute Gasteiger partial charge is 0.416 e. The molecule has 5 rings (SSSR count). The Morgan fingerprint density at radius 2 is 1.66 bits per heavy atom. The van der Waals surface area contributed by atoms with Crippen molar-refractivity contribution in [1.82, 2.24) is 4.90 Å². The molecule has 1 N–H and O–H groups in total. The van der Waals surface area contributed by atoms with E-state index in [0.29, 0.717) is 5.69 Å². The van der Waals surface area contributed by atoms with Crippen molar-refractivity contribution in [3.05, 3.63) is 53.1 Å². The average Bonchev–Trinajstić information content (AvgIpc) is 3.48. The highest BCUT2D eigenvalue weighted by atomic mass is 19.4. The van der Waals surface area contributed by atoms with Crippen LogP contribution < -0.4 is 15.0 Å². The molecule has 2 unspecified atom stereocenters. The Kier molecular flexibility index (Phi) is 7.11. The minimum absolute atomic E-state index is 0.0423. The molecular formula is C30H34F5N3O3. The maximum Gasteiger partial charge on any atom is 0.416 e. The highest BCUT2D eigenvalue weighted by Crippen LogP contribution is 2.65. The van der Waals surface area contributed by atoms with Crippen molar-refractivity contribution >= 4 is 23.2 Å². The molecule has 41 heavy (non-hydrogen) atoms. The number of likely N-dealkylation sites (tertiary alicyclic amines) is 1. The molecule has 2 amide bonds. The Morgan fingerprint density at radius 1 is 1.05 bits per heavy atom. The number of rotatable bonds is 6. The van der Waals surface area contributed by atoms with Gasteiger partial charge in [0.15, 0.2) is 0 Å². The lowest BCUT2D eigenvalue weighted by atomic mass is 9.88. The molecule has 6 nitrogen and oxygen atoms in total. The number of nitrogens with zero attached hydrogens (tertiary/aromatic N) is 2. The first kappa shape index (κ1) is 29.3. The zero-order valence-electron chi connectivity index (χ0n) is 23.6. The lowest BCUT2D eigenvalue weighted by Gasteiger charge is -2.36. The molecule has 1 aliphatic carbocycles. The van der Waals surface area contributed by atoms with Gasteiger partial charge in [0, 0.05) is 49.4 Å². The highest BCUT2D eigenvalue weighted by Gasteiger charge is 2.82. The van der Waals surface area contributed by atoms with E-state index in [0.717, 1.165) is 23.3 Å². The van der Waals surface area contributed by atoms with Crippen LogP contribution in [-0.4, -0.2) is 53.9 Å². The molecule has 2 aromatic carbocycles. The third-order valence-corrected chi connectivity index (χ3v) is 8.63. The van der Waals surface area contributed by atoms with Crippen LogP contribution in [0.4, 0.5) is 33.3 Å². The average molecular weight is 580 g/mol. The predicted octanol–water partition coefficient (Wildman–Crippen LogP) is 6.20. The van der Waals surface area contributed by atoms with Gasteiger partial charge in [-0.05, 0) is 51.0 Å². The molecule has 3 aliphatic rings. The van der Waals surface area contributed by atoms with Gasteiger partial charge in [0.1, 0.15) is 11.2 Å². The number of amides is 2. The first-order valence-electron chi connectivity index (χ1n) is 13.8. The molecule has 0 radical (unpaired) electrons. The second-order valence-electron chi connectivity index (χ2n) is 11.7. The molecule has 0 bridgehead atoms. The van der Waals surface area contributed by atoms with E-state index in [1.807, 2.05) is 36.9 Å². The van der Waals surface area contributed by atoms with Gasteiger partial charge in [-0.15, -0.1) is 0 Å². The van der Waals surface area contributed by atoms with Crippen molar-refractivity contribution in [2.45, 2.75) is 77.7 Å². The van der Waals surface area contributed by atoms with Crippen LogP contribution in [0.1, 0.15) is 50.3 Å². The second kappa shape index (κ2) is 9.96. The summed E-state index contributed by atoms with van der Waals surface area (Å²) in [5.74, 6) is -4.61. The third kappa shape index (κ3) is 4.96. The van der Waals surface area contributed by atoms with Gasteiger partial charge < -0.3 is 15.0 Å². The molecule has 2 aromatic rings. The summed E-state index contributed by atoms with van der Waals surface area (Å²) in [6, 6.07) is 7.38. The maximum atomic E-state index is 14.2. The fraction of sp³-hybridized carbons (Fsp3) is 0.533. The summed E-state index contributed by atoms with van der Waals surface area (Å²) in [4.78, 5) is 31.4. The number of carbonyl (C=O) groups is 2. The Balaban J connectivity index is 1.55. The van der Waals surface area contributed by atoms with Gasteiger partial charge in [-0.25, -0.2) is 8.78 Å². The SMILES string of the molecule is Cc1cccc(C)c1N1C(=O)[C@@H](C)[C@@]2(C(=O)Nc3cc(OC(C)C)cc(C(F)(F)F)c3)C(N3CCC(F)(F)CC3)C12. The minimum atomic E-state index is -4.69. The van der Waals surface area contributed by atoms with E-state index in [9.17, 15) is 31.5 Å². The largest absolute Gasteiger partial charge is 0.491 e. The number of ether oxygens (including phenoxy) is 1. The van der Waals surface area contributed by atoms with Crippen molar-refractivity contribution in [3.63, 3.8) is 0 Å². The number of carbonyl (C=O) groups excluding carboxylic acids is 2. The van der Waals surface area contributed by atoms with Crippen LogP contribution >= 0.6 is 0 Å². The van der Waals surface area contributed by atoms with E-state index >= 15 is 0 Å². The van der Waals surface area contributed by atoms with E-state index in [-0.39, 0.29) is 43.3 Å². The summed E-state index contributed by atoms with van der Waals surface area (Å²) < 4.78 is 74.8. The number of halogens is 5. The molecule has 11 heteroatoms. The van der Waals surface area contributed by atoms with Gasteiger partial charge in [0.05, 0.1) is 23.6 Å². The van der Waals surface area contributed by atoms with E-state index in [1.54, 1.807) is 25.7 Å². The van der Waals surface area contributed by atoms with Crippen LogP contribution in [-0.2, 0) is 15.8 Å². The predicted molar refractivity (Wildman–Crippen MR) is 144 cm³/mol. The van der Waals surface area contributed by atoms with Crippen LogP contribution in [0, 0.1) is 25.2 Å². The van der Waals surface area contributed by atoms with Gasteiger partial charge in [-0.3, -0.25) is 14.5 Å². The quantitative estimate of drug-likeness (QED) is 0.414.